The van der Waals surface area contributed by atoms with Crippen LogP contribution < -0.4 is 10.1 Å². The first-order valence-electron chi connectivity index (χ1n) is 6.87. The Labute approximate surface area is 113 Å². The molecule has 1 fully saturated rings. The zero-order valence-corrected chi connectivity index (χ0v) is 11.5. The monoisotopic (exact) mass is 260 g/mol. The maximum absolute atomic E-state index is 11.7. The first kappa shape index (κ1) is 12.5. The van der Waals surface area contributed by atoms with Crippen molar-refractivity contribution >= 4 is 11.6 Å². The Morgan fingerprint density at radius 1 is 1.42 bits per heavy atom. The molecule has 4 nitrogen and oxygen atoms in total. The van der Waals surface area contributed by atoms with Crippen LogP contribution in [-0.4, -0.2) is 38.1 Å². The summed E-state index contributed by atoms with van der Waals surface area (Å²) in [4.78, 5) is 14.1. The van der Waals surface area contributed by atoms with Gasteiger partial charge in [-0.1, -0.05) is 6.07 Å². The van der Waals surface area contributed by atoms with Crippen LogP contribution in [-0.2, 0) is 11.2 Å². The number of rotatable bonds is 2. The molecule has 1 saturated heterocycles. The maximum atomic E-state index is 11.7. The quantitative estimate of drug-likeness (QED) is 0.884. The number of amides is 1. The van der Waals surface area contributed by atoms with E-state index in [-0.39, 0.29) is 5.91 Å². The van der Waals surface area contributed by atoms with Gasteiger partial charge in [-0.3, -0.25) is 4.79 Å². The first-order chi connectivity index (χ1) is 9.19. The molecule has 2 aliphatic rings. The summed E-state index contributed by atoms with van der Waals surface area (Å²) in [5.74, 6) is 1.38. The van der Waals surface area contributed by atoms with Gasteiger partial charge in [-0.15, -0.1) is 0 Å². The Morgan fingerprint density at radius 2 is 2.26 bits per heavy atom. The van der Waals surface area contributed by atoms with Gasteiger partial charge in [0.25, 0.3) is 0 Å². The van der Waals surface area contributed by atoms with Crippen LogP contribution in [0, 0.1) is 0 Å². The largest absolute Gasteiger partial charge is 0.495 e. The Bertz CT molecular complexity index is 513. The highest BCUT2D eigenvalue weighted by molar-refractivity contribution is 6.01. The van der Waals surface area contributed by atoms with Crippen LogP contribution in [0.5, 0.6) is 5.75 Å². The van der Waals surface area contributed by atoms with Crippen LogP contribution >= 0.6 is 0 Å². The molecular formula is C15H20N2O2. The smallest absolute Gasteiger partial charge is 0.228 e. The topological polar surface area (TPSA) is 41.6 Å². The lowest BCUT2D eigenvalue weighted by Crippen LogP contribution is -2.31. The van der Waals surface area contributed by atoms with Gasteiger partial charge in [0.2, 0.25) is 5.91 Å². The molecule has 0 saturated carbocycles. The molecule has 3 rings (SSSR count). The minimum atomic E-state index is 0.0740. The van der Waals surface area contributed by atoms with E-state index in [9.17, 15) is 4.79 Å². The molecule has 2 aliphatic heterocycles. The molecule has 4 heteroatoms. The molecule has 2 heterocycles. The Hall–Kier alpha value is -1.55. The van der Waals surface area contributed by atoms with Gasteiger partial charge < -0.3 is 15.0 Å². The molecule has 1 atom stereocenters. The molecule has 1 aromatic rings. The normalized spacial score (nSPS) is 23.1. The number of likely N-dealkylation sites (N-methyl/N-ethyl adjacent to an activating group) is 1. The van der Waals surface area contributed by atoms with E-state index in [0.29, 0.717) is 12.3 Å². The third kappa shape index (κ3) is 2.21. The van der Waals surface area contributed by atoms with Gasteiger partial charge >= 0.3 is 0 Å². The summed E-state index contributed by atoms with van der Waals surface area (Å²) in [5, 5.41) is 2.93. The van der Waals surface area contributed by atoms with E-state index in [1.807, 2.05) is 6.07 Å². The van der Waals surface area contributed by atoms with E-state index in [0.717, 1.165) is 23.5 Å². The van der Waals surface area contributed by atoms with Gasteiger partial charge in [-0.2, -0.15) is 0 Å². The van der Waals surface area contributed by atoms with E-state index >= 15 is 0 Å². The molecule has 102 valence electrons. The number of fused-ring (bicyclic) bond motifs is 1. The summed E-state index contributed by atoms with van der Waals surface area (Å²) >= 11 is 0. The standard InChI is InChI=1S/C15H20N2O2/c1-17-7-3-4-10(9-17)11-5-6-13(19-2)15-12(11)8-14(18)16-15/h5-6,10H,3-4,7-9H2,1-2H3,(H,16,18). The molecule has 0 aromatic heterocycles. The maximum Gasteiger partial charge on any atom is 0.228 e. The molecule has 0 bridgehead atoms. The SMILES string of the molecule is COc1ccc(C2CCCN(C)C2)c2c1NC(=O)C2. The Kier molecular flexibility index (Phi) is 3.19. The third-order valence-electron chi connectivity index (χ3n) is 4.20. The number of piperidine rings is 1. The van der Waals surface area contributed by atoms with E-state index < -0.39 is 0 Å². The number of nitrogens with zero attached hydrogens (tertiary/aromatic N) is 1. The predicted molar refractivity (Wildman–Crippen MR) is 74.8 cm³/mol. The number of likely N-dealkylation sites (tertiary alicyclic amines) is 1. The number of anilines is 1. The highest BCUT2D eigenvalue weighted by atomic mass is 16.5. The zero-order valence-electron chi connectivity index (χ0n) is 11.5. The van der Waals surface area contributed by atoms with E-state index in [2.05, 4.69) is 23.3 Å². The van der Waals surface area contributed by atoms with Crippen molar-refractivity contribution in [2.45, 2.75) is 25.2 Å². The van der Waals surface area contributed by atoms with Crippen molar-refractivity contribution in [3.8, 4) is 5.75 Å². The second-order valence-corrected chi connectivity index (χ2v) is 5.54. The molecule has 0 aliphatic carbocycles. The van der Waals surface area contributed by atoms with Crippen LogP contribution in [0.2, 0.25) is 0 Å². The summed E-state index contributed by atoms with van der Waals surface area (Å²) < 4.78 is 5.34. The lowest BCUT2D eigenvalue weighted by molar-refractivity contribution is -0.115. The number of methoxy groups -OCH3 is 1. The number of hydrogen-bond donors (Lipinski definition) is 1. The number of benzene rings is 1. The third-order valence-corrected chi connectivity index (χ3v) is 4.20. The van der Waals surface area contributed by atoms with E-state index in [1.165, 1.54) is 24.9 Å². The second kappa shape index (κ2) is 4.85. The van der Waals surface area contributed by atoms with Crippen LogP contribution in [0.3, 0.4) is 0 Å². The van der Waals surface area contributed by atoms with Crippen LogP contribution in [0.1, 0.15) is 29.9 Å². The molecular weight excluding hydrogens is 240 g/mol. The molecule has 1 aromatic carbocycles. The van der Waals surface area contributed by atoms with Gasteiger partial charge in [0.05, 0.1) is 19.2 Å². The lowest BCUT2D eigenvalue weighted by Gasteiger charge is -2.31. The second-order valence-electron chi connectivity index (χ2n) is 5.54. The fraction of sp³-hybridized carbons (Fsp3) is 0.533. The van der Waals surface area contributed by atoms with Crippen molar-refractivity contribution in [2.75, 3.05) is 32.6 Å². The fourth-order valence-corrected chi connectivity index (χ4v) is 3.29. The van der Waals surface area contributed by atoms with Gasteiger partial charge in [-0.05, 0) is 49.5 Å². The Morgan fingerprint density at radius 3 is 3.00 bits per heavy atom. The summed E-state index contributed by atoms with van der Waals surface area (Å²) in [6.07, 6.45) is 2.92. The minimum Gasteiger partial charge on any atom is -0.495 e. The van der Waals surface area contributed by atoms with Crippen LogP contribution in [0.15, 0.2) is 12.1 Å². The van der Waals surface area contributed by atoms with Crippen LogP contribution in [0.4, 0.5) is 5.69 Å². The fourth-order valence-electron chi connectivity index (χ4n) is 3.29. The highest BCUT2D eigenvalue weighted by Gasteiger charge is 2.29. The van der Waals surface area contributed by atoms with Crippen molar-refractivity contribution in [1.82, 2.24) is 4.90 Å². The Balaban J connectivity index is 1.99. The molecule has 0 spiro atoms. The van der Waals surface area contributed by atoms with Gasteiger partial charge in [0, 0.05) is 6.54 Å². The number of carbonyl (C=O) groups excluding carboxylic acids is 1. The van der Waals surface area contributed by atoms with Gasteiger partial charge in [0.1, 0.15) is 5.75 Å². The lowest BCUT2D eigenvalue weighted by atomic mass is 9.86. The highest BCUT2D eigenvalue weighted by Crippen LogP contribution is 2.40. The van der Waals surface area contributed by atoms with Crippen molar-refractivity contribution < 1.29 is 9.53 Å². The summed E-state index contributed by atoms with van der Waals surface area (Å²) in [5.41, 5.74) is 3.35. The number of nitrogens with one attached hydrogen (secondary N) is 1. The van der Waals surface area contributed by atoms with Crippen molar-refractivity contribution in [3.63, 3.8) is 0 Å². The summed E-state index contributed by atoms with van der Waals surface area (Å²) in [7, 11) is 3.81. The average Bonchev–Trinajstić information content (AvgIpc) is 2.78. The number of carbonyl (C=O) groups is 1. The molecule has 1 amide bonds. The van der Waals surface area contributed by atoms with Gasteiger partial charge in [0.15, 0.2) is 0 Å². The molecule has 0 radical (unpaired) electrons. The number of ether oxygens (including phenoxy) is 1. The predicted octanol–water partition coefficient (Wildman–Crippen LogP) is 2.00. The van der Waals surface area contributed by atoms with E-state index in [4.69, 9.17) is 4.74 Å². The average molecular weight is 260 g/mol. The van der Waals surface area contributed by atoms with Gasteiger partial charge in [-0.25, -0.2) is 0 Å². The van der Waals surface area contributed by atoms with Crippen molar-refractivity contribution in [1.29, 1.82) is 0 Å². The number of hydrogen-bond acceptors (Lipinski definition) is 3. The van der Waals surface area contributed by atoms with Crippen LogP contribution in [0.25, 0.3) is 0 Å². The van der Waals surface area contributed by atoms with E-state index in [1.54, 1.807) is 7.11 Å². The van der Waals surface area contributed by atoms with Crippen molar-refractivity contribution in [3.05, 3.63) is 23.3 Å². The molecule has 1 unspecified atom stereocenters. The zero-order chi connectivity index (χ0) is 13.4. The first-order valence-corrected chi connectivity index (χ1v) is 6.87. The minimum absolute atomic E-state index is 0.0740. The molecule has 19 heavy (non-hydrogen) atoms. The van der Waals surface area contributed by atoms with Crippen molar-refractivity contribution in [2.24, 2.45) is 0 Å². The summed E-state index contributed by atoms with van der Waals surface area (Å²) in [6, 6.07) is 4.12. The molecule has 1 N–H and O–H groups in total. The summed E-state index contributed by atoms with van der Waals surface area (Å²) in [6.45, 7) is 2.25.